The van der Waals surface area contributed by atoms with E-state index >= 15 is 0 Å². The molecule has 0 fully saturated rings. The van der Waals surface area contributed by atoms with Crippen molar-refractivity contribution in [2.75, 3.05) is 0 Å². The quantitative estimate of drug-likeness (QED) is 0.423. The van der Waals surface area contributed by atoms with Crippen molar-refractivity contribution in [1.82, 2.24) is 0 Å². The van der Waals surface area contributed by atoms with Crippen molar-refractivity contribution < 1.29 is 0 Å². The molecule has 74 valence electrons. The minimum absolute atomic E-state index is 1.25. The van der Waals surface area contributed by atoms with Crippen LogP contribution in [0.2, 0.25) is 0 Å². The summed E-state index contributed by atoms with van der Waals surface area (Å²) in [7, 11) is 0. The van der Waals surface area contributed by atoms with Gasteiger partial charge >= 0.3 is 0 Å². The number of hydrogen-bond acceptors (Lipinski definition) is 1. The van der Waals surface area contributed by atoms with Gasteiger partial charge in [-0.15, -0.1) is 11.3 Å². The summed E-state index contributed by atoms with van der Waals surface area (Å²) in [4.78, 5) is 3.81. The summed E-state index contributed by atoms with van der Waals surface area (Å²) in [5, 5.41) is 2.09. The number of rotatable bonds is 3. The Morgan fingerprint density at radius 3 is 2.93 bits per heavy atom. The van der Waals surface area contributed by atoms with Crippen molar-refractivity contribution in [3.05, 3.63) is 64.3 Å². The van der Waals surface area contributed by atoms with Crippen molar-refractivity contribution in [2.45, 2.75) is 0 Å². The Kier molecular flexibility index (Phi) is 3.43. The Balaban J connectivity index is 2.09. The van der Waals surface area contributed by atoms with E-state index in [-0.39, 0.29) is 0 Å². The van der Waals surface area contributed by atoms with Gasteiger partial charge in [-0.25, -0.2) is 0 Å². The third-order valence-corrected chi connectivity index (χ3v) is 3.74. The van der Waals surface area contributed by atoms with Crippen molar-refractivity contribution in [3.8, 4) is 0 Å². The SMILES string of the molecule is C=C/C=C1\C=CC(/C=C/c2cccs2)=[S+]1. The van der Waals surface area contributed by atoms with Crippen LogP contribution in [0, 0.1) is 0 Å². The molecule has 0 bridgehead atoms. The predicted octanol–water partition coefficient (Wildman–Crippen LogP) is 3.66. The van der Waals surface area contributed by atoms with E-state index in [2.05, 4.69) is 48.4 Å². The summed E-state index contributed by atoms with van der Waals surface area (Å²) in [6, 6.07) is 4.18. The fourth-order valence-corrected chi connectivity index (χ4v) is 2.68. The van der Waals surface area contributed by atoms with Crippen LogP contribution in [0.3, 0.4) is 0 Å². The molecule has 0 N–H and O–H groups in total. The summed E-state index contributed by atoms with van der Waals surface area (Å²) in [6.07, 6.45) is 12.4. The molecule has 1 aromatic rings. The first-order valence-corrected chi connectivity index (χ1v) is 6.35. The van der Waals surface area contributed by atoms with Crippen molar-refractivity contribution in [3.63, 3.8) is 0 Å². The van der Waals surface area contributed by atoms with E-state index in [1.165, 1.54) is 14.6 Å². The summed E-state index contributed by atoms with van der Waals surface area (Å²) in [5.41, 5.74) is 0. The summed E-state index contributed by atoms with van der Waals surface area (Å²) in [6.45, 7) is 3.69. The molecule has 2 heterocycles. The molecule has 15 heavy (non-hydrogen) atoms. The average Bonchev–Trinajstić information content (AvgIpc) is 2.85. The van der Waals surface area contributed by atoms with Gasteiger partial charge in [0, 0.05) is 29.2 Å². The summed E-state index contributed by atoms with van der Waals surface area (Å²) in [5.74, 6) is 0. The van der Waals surface area contributed by atoms with Gasteiger partial charge in [0.2, 0.25) is 21.1 Å². The van der Waals surface area contributed by atoms with E-state index in [1.807, 2.05) is 12.2 Å². The van der Waals surface area contributed by atoms with Gasteiger partial charge in [-0.2, -0.15) is 0 Å². The molecule has 2 heteroatoms. The van der Waals surface area contributed by atoms with Gasteiger partial charge in [0.05, 0.1) is 0 Å². The summed E-state index contributed by atoms with van der Waals surface area (Å²) >= 11 is 3.52. The minimum Gasteiger partial charge on any atom is -0.144 e. The molecular formula is C13H11S2+. The normalized spacial score (nSPS) is 17.6. The first-order valence-electron chi connectivity index (χ1n) is 4.66. The lowest BCUT2D eigenvalue weighted by Crippen LogP contribution is -1.82. The van der Waals surface area contributed by atoms with Crippen LogP contribution in [0.15, 0.2) is 59.4 Å². The molecule has 0 unspecified atom stereocenters. The van der Waals surface area contributed by atoms with Crippen molar-refractivity contribution in [2.24, 2.45) is 0 Å². The molecule has 0 aromatic carbocycles. The molecule has 1 aliphatic rings. The maximum absolute atomic E-state index is 3.69. The first-order chi connectivity index (χ1) is 7.38. The van der Waals surface area contributed by atoms with Gasteiger partial charge in [-0.05, 0) is 17.5 Å². The number of hydrogen-bond donors (Lipinski definition) is 0. The Morgan fingerprint density at radius 2 is 2.20 bits per heavy atom. The van der Waals surface area contributed by atoms with Gasteiger partial charge in [0.1, 0.15) is 0 Å². The Bertz CT molecular complexity index is 457. The maximum Gasteiger partial charge on any atom is 0.231 e. The molecular weight excluding hydrogens is 220 g/mol. The van der Waals surface area contributed by atoms with Gasteiger partial charge in [-0.1, -0.05) is 18.7 Å². The fourth-order valence-electron chi connectivity index (χ4n) is 1.21. The Hall–Kier alpha value is -1.25. The zero-order chi connectivity index (χ0) is 10.5. The van der Waals surface area contributed by atoms with E-state index in [0.29, 0.717) is 0 Å². The molecule has 0 spiro atoms. The standard InChI is InChI=1S/C13H11S2/c1-2-4-12-8-9-13(15-12)7-6-11-5-3-10-14-11/h2-10H,1H2/q+1/b12-4+. The summed E-state index contributed by atoms with van der Waals surface area (Å²) < 4.78 is 0. The van der Waals surface area contributed by atoms with E-state index in [9.17, 15) is 0 Å². The van der Waals surface area contributed by atoms with Crippen LogP contribution in [0.5, 0.6) is 0 Å². The maximum atomic E-state index is 3.69. The largest absolute Gasteiger partial charge is 0.231 e. The minimum atomic E-state index is 1.25. The van der Waals surface area contributed by atoms with E-state index < -0.39 is 0 Å². The molecule has 0 nitrogen and oxygen atoms in total. The van der Waals surface area contributed by atoms with E-state index in [4.69, 9.17) is 0 Å². The molecule has 0 aliphatic carbocycles. The van der Waals surface area contributed by atoms with Crippen molar-refractivity contribution in [1.29, 1.82) is 0 Å². The third kappa shape index (κ3) is 2.85. The number of thiophene rings is 1. The molecule has 1 aromatic heterocycles. The zero-order valence-electron chi connectivity index (χ0n) is 8.22. The average molecular weight is 231 g/mol. The zero-order valence-corrected chi connectivity index (χ0v) is 9.85. The predicted molar refractivity (Wildman–Crippen MR) is 73.1 cm³/mol. The van der Waals surface area contributed by atoms with Crippen LogP contribution < -0.4 is 0 Å². The molecule has 0 amide bonds. The van der Waals surface area contributed by atoms with Gasteiger partial charge < -0.3 is 0 Å². The highest BCUT2D eigenvalue weighted by atomic mass is 32.1. The topological polar surface area (TPSA) is 0 Å². The molecule has 0 saturated carbocycles. The van der Waals surface area contributed by atoms with Crippen LogP contribution in [0.25, 0.3) is 6.08 Å². The highest BCUT2D eigenvalue weighted by Gasteiger charge is 2.14. The van der Waals surface area contributed by atoms with Crippen LogP contribution in [-0.2, 0) is 11.4 Å². The van der Waals surface area contributed by atoms with Crippen molar-refractivity contribution >= 4 is 33.6 Å². The third-order valence-electron chi connectivity index (χ3n) is 1.88. The lowest BCUT2D eigenvalue weighted by atomic mass is 10.3. The second kappa shape index (κ2) is 5.01. The van der Waals surface area contributed by atoms with Crippen LogP contribution >= 0.6 is 11.3 Å². The van der Waals surface area contributed by atoms with Gasteiger partial charge in [-0.3, -0.25) is 0 Å². The molecule has 1 aliphatic heterocycles. The molecule has 0 atom stereocenters. The second-order valence-corrected chi connectivity index (χ2v) is 5.12. The van der Waals surface area contributed by atoms with Crippen LogP contribution in [-0.4, -0.2) is 4.86 Å². The van der Waals surface area contributed by atoms with Gasteiger partial charge in [0.15, 0.2) is 0 Å². The highest BCUT2D eigenvalue weighted by Crippen LogP contribution is 2.12. The van der Waals surface area contributed by atoms with Crippen LogP contribution in [0.1, 0.15) is 4.88 Å². The molecule has 2 rings (SSSR count). The van der Waals surface area contributed by atoms with E-state index in [1.54, 1.807) is 22.7 Å². The fraction of sp³-hybridized carbons (Fsp3) is 0. The Morgan fingerprint density at radius 1 is 1.27 bits per heavy atom. The second-order valence-electron chi connectivity index (χ2n) is 2.99. The Labute approximate surface area is 97.9 Å². The number of allylic oxidation sites excluding steroid dienone is 5. The molecule has 0 saturated heterocycles. The molecule has 0 radical (unpaired) electrons. The lowest BCUT2D eigenvalue weighted by molar-refractivity contribution is 1.91. The van der Waals surface area contributed by atoms with E-state index in [0.717, 1.165) is 0 Å². The van der Waals surface area contributed by atoms with Crippen LogP contribution in [0.4, 0.5) is 0 Å². The van der Waals surface area contributed by atoms with Gasteiger partial charge in [0.25, 0.3) is 0 Å². The lowest BCUT2D eigenvalue weighted by Gasteiger charge is -1.78. The monoisotopic (exact) mass is 231 g/mol. The smallest absolute Gasteiger partial charge is 0.144 e. The highest BCUT2D eigenvalue weighted by molar-refractivity contribution is 7.84. The first kappa shape index (κ1) is 10.3.